The van der Waals surface area contributed by atoms with Crippen LogP contribution < -0.4 is 4.18 Å². The Labute approximate surface area is 115 Å². The summed E-state index contributed by atoms with van der Waals surface area (Å²) >= 11 is 13.2. The fourth-order valence-corrected chi connectivity index (χ4v) is 2.70. The Bertz CT molecular complexity index is 505. The first-order valence-electron chi connectivity index (χ1n) is 4.71. The Morgan fingerprint density at radius 1 is 1.41 bits per heavy atom. The molecule has 1 aromatic heterocycles. The molecule has 0 spiro atoms. The molecule has 0 aliphatic rings. The van der Waals surface area contributed by atoms with E-state index in [-0.39, 0.29) is 10.9 Å². The lowest BCUT2D eigenvalue weighted by Gasteiger charge is -2.08. The summed E-state index contributed by atoms with van der Waals surface area (Å²) in [5.41, 5.74) is 0. The van der Waals surface area contributed by atoms with E-state index in [1.54, 1.807) is 0 Å². The van der Waals surface area contributed by atoms with E-state index in [2.05, 4.69) is 9.17 Å². The predicted octanol–water partition coefficient (Wildman–Crippen LogP) is 3.23. The van der Waals surface area contributed by atoms with Crippen LogP contribution in [0, 0.1) is 0 Å². The van der Waals surface area contributed by atoms with Crippen LogP contribution in [0.1, 0.15) is 13.3 Å². The lowest BCUT2D eigenvalue weighted by molar-refractivity contribution is 0.480. The molecular weight excluding hydrogens is 305 g/mol. The predicted molar refractivity (Wildman–Crippen MR) is 70.7 cm³/mol. The zero-order chi connectivity index (χ0) is 13.1. The molecule has 0 saturated heterocycles. The van der Waals surface area contributed by atoms with Crippen LogP contribution >= 0.6 is 35.0 Å². The average Bonchev–Trinajstić information content (AvgIpc) is 2.18. The van der Waals surface area contributed by atoms with Crippen molar-refractivity contribution in [1.29, 1.82) is 0 Å². The van der Waals surface area contributed by atoms with Gasteiger partial charge in [-0.25, -0.2) is 4.98 Å². The first-order valence-corrected chi connectivity index (χ1v) is 8.27. The normalized spacial score (nSPS) is 11.5. The van der Waals surface area contributed by atoms with E-state index in [9.17, 15) is 8.42 Å². The molecule has 96 valence electrons. The Hall–Kier alpha value is -0.170. The maximum absolute atomic E-state index is 11.0. The lowest BCUT2D eigenvalue weighted by atomic mass is 10.5. The van der Waals surface area contributed by atoms with Crippen molar-refractivity contribution in [3.05, 3.63) is 16.1 Å². The smallest absolute Gasteiger partial charge is 0.307 e. The Morgan fingerprint density at radius 3 is 2.59 bits per heavy atom. The Kier molecular flexibility index (Phi) is 5.37. The van der Waals surface area contributed by atoms with Crippen molar-refractivity contribution in [2.75, 3.05) is 12.0 Å². The third-order valence-corrected chi connectivity index (χ3v) is 3.87. The number of hydrogen-bond donors (Lipinski definition) is 0. The molecule has 0 saturated carbocycles. The van der Waals surface area contributed by atoms with Gasteiger partial charge in [0.05, 0.1) is 11.3 Å². The van der Waals surface area contributed by atoms with E-state index in [1.165, 1.54) is 17.8 Å². The van der Waals surface area contributed by atoms with Gasteiger partial charge in [-0.05, 0) is 18.2 Å². The van der Waals surface area contributed by atoms with Crippen LogP contribution in [0.3, 0.4) is 0 Å². The zero-order valence-corrected chi connectivity index (χ0v) is 12.4. The summed E-state index contributed by atoms with van der Waals surface area (Å²) in [4.78, 5) is 3.99. The summed E-state index contributed by atoms with van der Waals surface area (Å²) in [5, 5.41) is 0.965. The number of aromatic nitrogens is 1. The van der Waals surface area contributed by atoms with E-state index in [0.29, 0.717) is 10.0 Å². The van der Waals surface area contributed by atoms with Crippen LogP contribution in [0.15, 0.2) is 11.1 Å². The molecule has 0 aliphatic carbocycles. The summed E-state index contributed by atoms with van der Waals surface area (Å²) < 4.78 is 26.7. The minimum Gasteiger partial charge on any atom is -0.360 e. The topological polar surface area (TPSA) is 56.3 Å². The average molecular weight is 316 g/mol. The SMILES string of the molecule is CCCSc1nc(OS(C)(=O)=O)c(Cl)cc1Cl. The molecule has 1 rings (SSSR count). The van der Waals surface area contributed by atoms with Crippen molar-refractivity contribution in [3.63, 3.8) is 0 Å². The van der Waals surface area contributed by atoms with Gasteiger partial charge in [0.2, 0.25) is 0 Å². The maximum Gasteiger partial charge on any atom is 0.307 e. The van der Waals surface area contributed by atoms with Crippen LogP contribution in [-0.4, -0.2) is 25.4 Å². The lowest BCUT2D eigenvalue weighted by Crippen LogP contribution is -2.07. The first kappa shape index (κ1) is 14.9. The largest absolute Gasteiger partial charge is 0.360 e. The number of halogens is 2. The number of thioether (sulfide) groups is 1. The molecule has 0 bridgehead atoms. The molecule has 0 aromatic carbocycles. The maximum atomic E-state index is 11.0. The van der Waals surface area contributed by atoms with Crippen molar-refractivity contribution in [2.24, 2.45) is 0 Å². The zero-order valence-electron chi connectivity index (χ0n) is 9.24. The van der Waals surface area contributed by atoms with Crippen LogP contribution in [0.4, 0.5) is 0 Å². The standard InChI is InChI=1S/C9H11Cl2NO3S2/c1-3-4-16-9-7(11)5-6(10)8(12-9)15-17(2,13)14/h5H,3-4H2,1-2H3. The molecule has 0 aliphatic heterocycles. The van der Waals surface area contributed by atoms with Gasteiger partial charge in [-0.1, -0.05) is 30.1 Å². The van der Waals surface area contributed by atoms with Gasteiger partial charge in [-0.15, -0.1) is 11.8 Å². The third-order valence-electron chi connectivity index (χ3n) is 1.54. The van der Waals surface area contributed by atoms with Crippen molar-refractivity contribution in [3.8, 4) is 5.88 Å². The summed E-state index contributed by atoms with van der Waals surface area (Å²) in [6, 6.07) is 1.43. The fraction of sp³-hybridized carbons (Fsp3) is 0.444. The Balaban J connectivity index is 3.05. The highest BCUT2D eigenvalue weighted by molar-refractivity contribution is 7.99. The second-order valence-electron chi connectivity index (χ2n) is 3.20. The molecule has 1 aromatic rings. The van der Waals surface area contributed by atoms with E-state index in [4.69, 9.17) is 23.2 Å². The summed E-state index contributed by atoms with van der Waals surface area (Å²) in [6.07, 6.45) is 1.88. The van der Waals surface area contributed by atoms with Crippen LogP contribution in [-0.2, 0) is 10.1 Å². The third kappa shape index (κ3) is 4.91. The summed E-state index contributed by atoms with van der Waals surface area (Å²) in [5.74, 6) is 0.685. The van der Waals surface area contributed by atoms with Gasteiger partial charge in [0.15, 0.2) is 0 Å². The second-order valence-corrected chi connectivity index (χ2v) is 6.67. The monoisotopic (exact) mass is 315 g/mol. The minimum atomic E-state index is -3.65. The van der Waals surface area contributed by atoms with Crippen molar-refractivity contribution in [2.45, 2.75) is 18.4 Å². The number of rotatable bonds is 5. The molecule has 8 heteroatoms. The van der Waals surface area contributed by atoms with Crippen LogP contribution in [0.25, 0.3) is 0 Å². The van der Waals surface area contributed by atoms with Gasteiger partial charge in [-0.2, -0.15) is 8.42 Å². The molecule has 1 heterocycles. The van der Waals surface area contributed by atoms with Gasteiger partial charge < -0.3 is 4.18 Å². The van der Waals surface area contributed by atoms with Gasteiger partial charge in [0.25, 0.3) is 5.88 Å². The van der Waals surface area contributed by atoms with E-state index >= 15 is 0 Å². The highest BCUT2D eigenvalue weighted by Crippen LogP contribution is 2.33. The molecule has 4 nitrogen and oxygen atoms in total. The fourth-order valence-electron chi connectivity index (χ4n) is 0.936. The van der Waals surface area contributed by atoms with Gasteiger partial charge in [0.1, 0.15) is 10.0 Å². The number of hydrogen-bond acceptors (Lipinski definition) is 5. The molecule has 0 unspecified atom stereocenters. The number of pyridine rings is 1. The molecule has 0 atom stereocenters. The minimum absolute atomic E-state index is 0.0706. The molecular formula is C9H11Cl2NO3S2. The Morgan fingerprint density at radius 2 is 2.06 bits per heavy atom. The van der Waals surface area contributed by atoms with Crippen molar-refractivity contribution in [1.82, 2.24) is 4.98 Å². The second kappa shape index (κ2) is 6.13. The highest BCUT2D eigenvalue weighted by Gasteiger charge is 2.14. The van der Waals surface area contributed by atoms with Crippen LogP contribution in [0.2, 0.25) is 10.0 Å². The number of nitrogens with zero attached hydrogens (tertiary/aromatic N) is 1. The molecule has 0 fully saturated rings. The van der Waals surface area contributed by atoms with Crippen molar-refractivity contribution >= 4 is 45.1 Å². The molecule has 0 amide bonds. The highest BCUT2D eigenvalue weighted by atomic mass is 35.5. The first-order chi connectivity index (χ1) is 7.83. The molecule has 0 radical (unpaired) electrons. The van der Waals surface area contributed by atoms with Gasteiger partial charge in [0, 0.05) is 0 Å². The van der Waals surface area contributed by atoms with E-state index in [1.807, 2.05) is 6.92 Å². The van der Waals surface area contributed by atoms with Gasteiger partial charge >= 0.3 is 10.1 Å². The van der Waals surface area contributed by atoms with Crippen LogP contribution in [0.5, 0.6) is 5.88 Å². The van der Waals surface area contributed by atoms with E-state index < -0.39 is 10.1 Å². The quantitative estimate of drug-likeness (QED) is 0.616. The summed E-state index contributed by atoms with van der Waals surface area (Å²) in [7, 11) is -3.65. The van der Waals surface area contributed by atoms with Crippen molar-refractivity contribution < 1.29 is 12.6 Å². The van der Waals surface area contributed by atoms with Gasteiger partial charge in [-0.3, -0.25) is 0 Å². The molecule has 0 N–H and O–H groups in total. The van der Waals surface area contributed by atoms with E-state index in [0.717, 1.165) is 18.4 Å². The molecule has 17 heavy (non-hydrogen) atoms. The summed E-state index contributed by atoms with van der Waals surface area (Å²) in [6.45, 7) is 2.02.